The number of aryl methyl sites for hydroxylation is 1. The Morgan fingerprint density at radius 1 is 1.30 bits per heavy atom. The summed E-state index contributed by atoms with van der Waals surface area (Å²) in [5.41, 5.74) is 4.18. The van der Waals surface area contributed by atoms with Crippen LogP contribution in [0.4, 0.5) is 5.82 Å². The average Bonchev–Trinajstić information content (AvgIpc) is 2.61. The lowest BCUT2D eigenvalue weighted by molar-refractivity contribution is 0.122. The van der Waals surface area contributed by atoms with Crippen LogP contribution >= 0.6 is 0 Å². The van der Waals surface area contributed by atoms with Crippen molar-refractivity contribution in [3.63, 3.8) is 0 Å². The normalized spacial score (nSPS) is 15.3. The maximum Gasteiger partial charge on any atom is 0.129 e. The second kappa shape index (κ2) is 7.33. The molecule has 1 fully saturated rings. The average molecular weight is 310 g/mol. The highest BCUT2D eigenvalue weighted by Gasteiger charge is 2.17. The first-order valence-electron chi connectivity index (χ1n) is 8.07. The van der Waals surface area contributed by atoms with Crippen molar-refractivity contribution in [1.82, 2.24) is 15.0 Å². The molecule has 1 aliphatic rings. The first kappa shape index (κ1) is 15.6. The minimum atomic E-state index is 0.751. The molecule has 3 rings (SSSR count). The van der Waals surface area contributed by atoms with Gasteiger partial charge in [0.2, 0.25) is 0 Å². The first-order valence-corrected chi connectivity index (χ1v) is 8.07. The van der Waals surface area contributed by atoms with Gasteiger partial charge >= 0.3 is 0 Å². The fourth-order valence-electron chi connectivity index (χ4n) is 2.73. The van der Waals surface area contributed by atoms with E-state index in [4.69, 9.17) is 9.72 Å². The Morgan fingerprint density at radius 2 is 2.13 bits per heavy atom. The summed E-state index contributed by atoms with van der Waals surface area (Å²) in [4.78, 5) is 15.5. The zero-order valence-corrected chi connectivity index (χ0v) is 13.7. The molecule has 0 radical (unpaired) electrons. The molecule has 0 saturated carbocycles. The summed E-state index contributed by atoms with van der Waals surface area (Å²) in [7, 11) is 0. The summed E-state index contributed by atoms with van der Waals surface area (Å²) in [6, 6.07) is 4.08. The van der Waals surface area contributed by atoms with E-state index in [0.29, 0.717) is 0 Å². The van der Waals surface area contributed by atoms with Crippen LogP contribution in [0.2, 0.25) is 0 Å². The quantitative estimate of drug-likeness (QED) is 0.868. The molecule has 1 aliphatic heterocycles. The zero-order valence-electron chi connectivity index (χ0n) is 13.7. The van der Waals surface area contributed by atoms with Gasteiger partial charge in [0.1, 0.15) is 12.1 Å². The number of anilines is 1. The number of rotatable bonds is 4. The first-order chi connectivity index (χ1) is 11.3. The highest BCUT2D eigenvalue weighted by molar-refractivity contribution is 5.76. The number of ether oxygens (including phenoxy) is 1. The topological polar surface area (TPSA) is 51.1 Å². The van der Waals surface area contributed by atoms with Crippen molar-refractivity contribution in [3.05, 3.63) is 42.0 Å². The summed E-state index contributed by atoms with van der Waals surface area (Å²) >= 11 is 0. The number of hydrogen-bond donors (Lipinski definition) is 0. The molecule has 0 spiro atoms. The predicted octanol–water partition coefficient (Wildman–Crippen LogP) is 3.11. The van der Waals surface area contributed by atoms with E-state index in [0.717, 1.165) is 61.1 Å². The van der Waals surface area contributed by atoms with Crippen LogP contribution in [0.1, 0.15) is 24.6 Å². The van der Waals surface area contributed by atoms with Crippen molar-refractivity contribution in [2.24, 2.45) is 0 Å². The van der Waals surface area contributed by atoms with Crippen LogP contribution in [-0.4, -0.2) is 41.3 Å². The predicted molar refractivity (Wildman–Crippen MR) is 92.4 cm³/mol. The van der Waals surface area contributed by atoms with Crippen molar-refractivity contribution in [2.75, 3.05) is 31.2 Å². The summed E-state index contributed by atoms with van der Waals surface area (Å²) < 4.78 is 5.44. The number of allylic oxidation sites excluding steroid dienone is 1. The van der Waals surface area contributed by atoms with E-state index in [9.17, 15) is 0 Å². The van der Waals surface area contributed by atoms with E-state index in [-0.39, 0.29) is 0 Å². The molecule has 2 aromatic heterocycles. The van der Waals surface area contributed by atoms with Crippen molar-refractivity contribution in [3.8, 4) is 11.3 Å². The largest absolute Gasteiger partial charge is 0.378 e. The van der Waals surface area contributed by atoms with Crippen molar-refractivity contribution in [2.45, 2.75) is 20.3 Å². The minimum absolute atomic E-state index is 0.751. The molecule has 0 atom stereocenters. The maximum atomic E-state index is 5.44. The molecule has 3 heterocycles. The lowest BCUT2D eigenvalue weighted by Gasteiger charge is -2.28. The van der Waals surface area contributed by atoms with Gasteiger partial charge in [0.25, 0.3) is 0 Å². The molecule has 0 unspecified atom stereocenters. The number of hydrogen-bond acceptors (Lipinski definition) is 5. The van der Waals surface area contributed by atoms with Gasteiger partial charge in [-0.25, -0.2) is 15.0 Å². The standard InChI is InChI=1S/C18H22N4O/c1-3-4-5-15-14(2)21-18(22-8-10-23-11-9-22)12-16(15)17-6-7-19-13-20-17/h4-7,12-13H,3,8-11H2,1-2H3/b5-4-. The Bertz CT molecular complexity index is 679. The molecule has 5 heteroatoms. The van der Waals surface area contributed by atoms with E-state index in [1.807, 2.05) is 6.07 Å². The molecule has 120 valence electrons. The van der Waals surface area contributed by atoms with Crippen molar-refractivity contribution in [1.29, 1.82) is 0 Å². The molecular weight excluding hydrogens is 288 g/mol. The highest BCUT2D eigenvalue weighted by atomic mass is 16.5. The van der Waals surface area contributed by atoms with E-state index in [2.05, 4.69) is 46.9 Å². The van der Waals surface area contributed by atoms with E-state index in [1.54, 1.807) is 12.5 Å². The fraction of sp³-hybridized carbons (Fsp3) is 0.389. The Labute approximate surface area is 137 Å². The van der Waals surface area contributed by atoms with Crippen LogP contribution < -0.4 is 4.90 Å². The molecule has 23 heavy (non-hydrogen) atoms. The Hall–Kier alpha value is -2.27. The number of nitrogens with zero attached hydrogens (tertiary/aromatic N) is 4. The van der Waals surface area contributed by atoms with Gasteiger partial charge in [-0.1, -0.05) is 19.1 Å². The number of morpholine rings is 1. The van der Waals surface area contributed by atoms with Gasteiger partial charge in [-0.3, -0.25) is 0 Å². The molecule has 0 amide bonds. The van der Waals surface area contributed by atoms with Crippen LogP contribution in [0.3, 0.4) is 0 Å². The van der Waals surface area contributed by atoms with Gasteiger partial charge in [0.05, 0.1) is 18.9 Å². The summed E-state index contributed by atoms with van der Waals surface area (Å²) in [6.07, 6.45) is 8.66. The fourth-order valence-corrected chi connectivity index (χ4v) is 2.73. The third kappa shape index (κ3) is 3.56. The van der Waals surface area contributed by atoms with Crippen LogP contribution in [-0.2, 0) is 4.74 Å². The second-order valence-electron chi connectivity index (χ2n) is 5.53. The van der Waals surface area contributed by atoms with E-state index >= 15 is 0 Å². The lowest BCUT2D eigenvalue weighted by atomic mass is 10.0. The van der Waals surface area contributed by atoms with Crippen LogP contribution in [0.5, 0.6) is 0 Å². The molecule has 1 saturated heterocycles. The number of pyridine rings is 1. The lowest BCUT2D eigenvalue weighted by Crippen LogP contribution is -2.36. The van der Waals surface area contributed by atoms with Crippen LogP contribution in [0, 0.1) is 6.92 Å². The van der Waals surface area contributed by atoms with Gasteiger partial charge in [-0.15, -0.1) is 0 Å². The SMILES string of the molecule is CC/C=C\c1c(-c2ccncn2)cc(N2CCOCC2)nc1C. The molecule has 0 aromatic carbocycles. The highest BCUT2D eigenvalue weighted by Crippen LogP contribution is 2.29. The number of aromatic nitrogens is 3. The van der Waals surface area contributed by atoms with Gasteiger partial charge in [-0.05, 0) is 25.5 Å². The second-order valence-corrected chi connectivity index (χ2v) is 5.53. The molecule has 0 N–H and O–H groups in total. The smallest absolute Gasteiger partial charge is 0.129 e. The van der Waals surface area contributed by atoms with Gasteiger partial charge in [0, 0.05) is 36.1 Å². The third-order valence-corrected chi connectivity index (χ3v) is 3.95. The maximum absolute atomic E-state index is 5.44. The molecule has 2 aromatic rings. The van der Waals surface area contributed by atoms with Crippen LogP contribution in [0.25, 0.3) is 17.3 Å². The molecular formula is C18H22N4O. The van der Waals surface area contributed by atoms with Gasteiger partial charge in [0.15, 0.2) is 0 Å². The van der Waals surface area contributed by atoms with Gasteiger partial charge in [-0.2, -0.15) is 0 Å². The van der Waals surface area contributed by atoms with E-state index in [1.165, 1.54) is 0 Å². The monoisotopic (exact) mass is 310 g/mol. The van der Waals surface area contributed by atoms with Gasteiger partial charge < -0.3 is 9.64 Å². The van der Waals surface area contributed by atoms with Crippen molar-refractivity contribution >= 4 is 11.9 Å². The Morgan fingerprint density at radius 3 is 2.83 bits per heavy atom. The molecule has 0 aliphatic carbocycles. The van der Waals surface area contributed by atoms with Crippen molar-refractivity contribution < 1.29 is 4.74 Å². The summed E-state index contributed by atoms with van der Waals surface area (Å²) in [6.45, 7) is 7.44. The molecule has 5 nitrogen and oxygen atoms in total. The van der Waals surface area contributed by atoms with Crippen LogP contribution in [0.15, 0.2) is 30.7 Å². The van der Waals surface area contributed by atoms with E-state index < -0.39 is 0 Å². The zero-order chi connectivity index (χ0) is 16.1. The summed E-state index contributed by atoms with van der Waals surface area (Å²) in [5.74, 6) is 0.994. The molecule has 0 bridgehead atoms. The minimum Gasteiger partial charge on any atom is -0.378 e. The Balaban J connectivity index is 2.08. The Kier molecular flexibility index (Phi) is 4.98. The summed E-state index contributed by atoms with van der Waals surface area (Å²) in [5, 5.41) is 0. The third-order valence-electron chi connectivity index (χ3n) is 3.95.